The van der Waals surface area contributed by atoms with Crippen molar-refractivity contribution in [2.24, 2.45) is 0 Å². The zero-order valence-electron chi connectivity index (χ0n) is 7.45. The van der Waals surface area contributed by atoms with E-state index in [1.54, 1.807) is 0 Å². The summed E-state index contributed by atoms with van der Waals surface area (Å²) in [6, 6.07) is 0. The van der Waals surface area contributed by atoms with Crippen LogP contribution in [0.3, 0.4) is 0 Å². The minimum Gasteiger partial charge on any atom is -0.481 e. The van der Waals surface area contributed by atoms with E-state index in [4.69, 9.17) is 5.11 Å². The maximum absolute atomic E-state index is 11.0. The molecule has 0 spiro atoms. The van der Waals surface area contributed by atoms with Crippen LogP contribution in [-0.4, -0.2) is 29.3 Å². The summed E-state index contributed by atoms with van der Waals surface area (Å²) in [5.41, 5.74) is 0. The van der Waals surface area contributed by atoms with Crippen LogP contribution in [-0.2, 0) is 9.59 Å². The van der Waals surface area contributed by atoms with Gasteiger partial charge in [0, 0.05) is 19.4 Å². The number of hydrogen-bond donors (Lipinski definition) is 3. The number of carbonyl (C=O) groups excluding carboxylic acids is 1. The lowest BCUT2D eigenvalue weighted by Crippen LogP contribution is -2.24. The van der Waals surface area contributed by atoms with E-state index in [0.29, 0.717) is 19.4 Å². The lowest BCUT2D eigenvalue weighted by Gasteiger charge is -2.02. The molecule has 0 saturated heterocycles. The van der Waals surface area contributed by atoms with Gasteiger partial charge in [-0.05, 0) is 18.6 Å². The smallest absolute Gasteiger partial charge is 0.303 e. The number of hydrogen-bond acceptors (Lipinski definition) is 3. The van der Waals surface area contributed by atoms with E-state index in [0.717, 1.165) is 12.2 Å². The first-order valence-corrected chi connectivity index (χ1v) is 4.89. The van der Waals surface area contributed by atoms with Crippen molar-refractivity contribution in [3.63, 3.8) is 0 Å². The van der Waals surface area contributed by atoms with E-state index in [-0.39, 0.29) is 12.3 Å². The van der Waals surface area contributed by atoms with Crippen LogP contribution in [0.1, 0.15) is 25.7 Å². The first kappa shape index (κ1) is 12.3. The molecular formula is C8H15NO3S. The summed E-state index contributed by atoms with van der Waals surface area (Å²) in [5.74, 6) is -0.193. The molecule has 0 heterocycles. The maximum atomic E-state index is 11.0. The SMILES string of the molecule is O=C(O)CCCC(=O)NCCCS. The number of rotatable bonds is 7. The Morgan fingerprint density at radius 3 is 2.46 bits per heavy atom. The Morgan fingerprint density at radius 1 is 1.23 bits per heavy atom. The maximum Gasteiger partial charge on any atom is 0.303 e. The second-order valence-electron chi connectivity index (χ2n) is 2.67. The van der Waals surface area contributed by atoms with Gasteiger partial charge in [-0.3, -0.25) is 9.59 Å². The van der Waals surface area contributed by atoms with Gasteiger partial charge in [0.25, 0.3) is 0 Å². The molecule has 0 rings (SSSR count). The van der Waals surface area contributed by atoms with Gasteiger partial charge in [-0.25, -0.2) is 0 Å². The summed E-state index contributed by atoms with van der Waals surface area (Å²) in [7, 11) is 0. The van der Waals surface area contributed by atoms with Crippen LogP contribution in [0.25, 0.3) is 0 Å². The van der Waals surface area contributed by atoms with Crippen molar-refractivity contribution in [2.45, 2.75) is 25.7 Å². The molecule has 0 bridgehead atoms. The highest BCUT2D eigenvalue weighted by Crippen LogP contribution is 1.94. The van der Waals surface area contributed by atoms with Crippen molar-refractivity contribution in [2.75, 3.05) is 12.3 Å². The molecule has 4 nitrogen and oxygen atoms in total. The van der Waals surface area contributed by atoms with E-state index < -0.39 is 5.97 Å². The van der Waals surface area contributed by atoms with Crippen LogP contribution in [0.5, 0.6) is 0 Å². The highest BCUT2D eigenvalue weighted by molar-refractivity contribution is 7.80. The summed E-state index contributed by atoms with van der Waals surface area (Å²) in [5, 5.41) is 11.0. The molecule has 0 atom stereocenters. The molecule has 0 aromatic carbocycles. The molecular weight excluding hydrogens is 190 g/mol. The van der Waals surface area contributed by atoms with Crippen LogP contribution < -0.4 is 5.32 Å². The van der Waals surface area contributed by atoms with Gasteiger partial charge in [0.2, 0.25) is 5.91 Å². The number of carbonyl (C=O) groups is 2. The van der Waals surface area contributed by atoms with Gasteiger partial charge < -0.3 is 10.4 Å². The van der Waals surface area contributed by atoms with E-state index in [2.05, 4.69) is 17.9 Å². The lowest BCUT2D eigenvalue weighted by atomic mass is 10.2. The molecule has 0 aliphatic heterocycles. The van der Waals surface area contributed by atoms with Gasteiger partial charge in [-0.1, -0.05) is 0 Å². The fourth-order valence-electron chi connectivity index (χ4n) is 0.795. The third kappa shape index (κ3) is 9.20. The third-order valence-electron chi connectivity index (χ3n) is 1.45. The van der Waals surface area contributed by atoms with Gasteiger partial charge >= 0.3 is 5.97 Å². The Bertz CT molecular complexity index is 173. The normalized spacial score (nSPS) is 9.62. The number of nitrogens with one attached hydrogen (secondary N) is 1. The summed E-state index contributed by atoms with van der Waals surface area (Å²) in [6.07, 6.45) is 1.59. The Kier molecular flexibility index (Phi) is 7.48. The Labute approximate surface area is 83.1 Å². The number of carboxylic acid groups (broad SMARTS) is 1. The number of carboxylic acids is 1. The van der Waals surface area contributed by atoms with E-state index in [1.807, 2.05) is 0 Å². The second-order valence-corrected chi connectivity index (χ2v) is 3.12. The Hall–Kier alpha value is -0.710. The highest BCUT2D eigenvalue weighted by atomic mass is 32.1. The van der Waals surface area contributed by atoms with Gasteiger partial charge in [0.1, 0.15) is 0 Å². The summed E-state index contributed by atoms with van der Waals surface area (Å²) >= 11 is 3.99. The molecule has 0 unspecified atom stereocenters. The highest BCUT2D eigenvalue weighted by Gasteiger charge is 2.02. The van der Waals surface area contributed by atoms with Crippen molar-refractivity contribution in [1.82, 2.24) is 5.32 Å². The summed E-state index contributed by atoms with van der Waals surface area (Å²) in [4.78, 5) is 21.1. The molecule has 0 aliphatic carbocycles. The minimum absolute atomic E-state index is 0.0555. The topological polar surface area (TPSA) is 66.4 Å². The molecule has 0 aliphatic rings. The van der Waals surface area contributed by atoms with Crippen molar-refractivity contribution in [1.29, 1.82) is 0 Å². The minimum atomic E-state index is -0.858. The molecule has 2 N–H and O–H groups in total. The van der Waals surface area contributed by atoms with Crippen LogP contribution >= 0.6 is 12.6 Å². The third-order valence-corrected chi connectivity index (χ3v) is 1.77. The first-order valence-electron chi connectivity index (χ1n) is 4.26. The molecule has 5 heteroatoms. The number of amides is 1. The Balaban J connectivity index is 3.25. The summed E-state index contributed by atoms with van der Waals surface area (Å²) in [6.45, 7) is 0.620. The lowest BCUT2D eigenvalue weighted by molar-refractivity contribution is -0.137. The van der Waals surface area contributed by atoms with Crippen LogP contribution in [0, 0.1) is 0 Å². The van der Waals surface area contributed by atoms with Crippen LogP contribution in [0.4, 0.5) is 0 Å². The van der Waals surface area contributed by atoms with Gasteiger partial charge in [0.05, 0.1) is 0 Å². The predicted molar refractivity (Wildman–Crippen MR) is 53.0 cm³/mol. The van der Waals surface area contributed by atoms with E-state index in [9.17, 15) is 9.59 Å². The average Bonchev–Trinajstić information content (AvgIpc) is 2.04. The zero-order valence-corrected chi connectivity index (χ0v) is 8.35. The van der Waals surface area contributed by atoms with E-state index in [1.165, 1.54) is 0 Å². The van der Waals surface area contributed by atoms with Crippen LogP contribution in [0.15, 0.2) is 0 Å². The zero-order chi connectivity index (χ0) is 10.1. The standard InChI is InChI=1S/C8H15NO3S/c10-7(9-5-2-6-13)3-1-4-8(11)12/h13H,1-6H2,(H,9,10)(H,11,12). The summed E-state index contributed by atoms with van der Waals surface area (Å²) < 4.78 is 0. The first-order chi connectivity index (χ1) is 6.16. The van der Waals surface area contributed by atoms with Crippen molar-refractivity contribution < 1.29 is 14.7 Å². The fourth-order valence-corrected chi connectivity index (χ4v) is 0.954. The molecule has 0 aromatic heterocycles. The monoisotopic (exact) mass is 205 g/mol. The van der Waals surface area contributed by atoms with E-state index >= 15 is 0 Å². The van der Waals surface area contributed by atoms with Gasteiger partial charge in [0.15, 0.2) is 0 Å². The van der Waals surface area contributed by atoms with Crippen molar-refractivity contribution >= 4 is 24.5 Å². The predicted octanol–water partition coefficient (Wildman–Crippen LogP) is 0.677. The molecule has 13 heavy (non-hydrogen) atoms. The molecule has 0 radical (unpaired) electrons. The molecule has 0 saturated carbocycles. The quantitative estimate of drug-likeness (QED) is 0.423. The average molecular weight is 205 g/mol. The fraction of sp³-hybridized carbons (Fsp3) is 0.750. The van der Waals surface area contributed by atoms with Gasteiger partial charge in [-0.2, -0.15) is 12.6 Å². The number of aliphatic carboxylic acids is 1. The second kappa shape index (κ2) is 7.91. The Morgan fingerprint density at radius 2 is 1.92 bits per heavy atom. The molecule has 1 amide bonds. The molecule has 0 aromatic rings. The molecule has 0 fully saturated rings. The number of thiol groups is 1. The van der Waals surface area contributed by atoms with Crippen molar-refractivity contribution in [3.8, 4) is 0 Å². The largest absolute Gasteiger partial charge is 0.481 e. The van der Waals surface area contributed by atoms with Crippen LogP contribution in [0.2, 0.25) is 0 Å². The van der Waals surface area contributed by atoms with Gasteiger partial charge in [-0.15, -0.1) is 0 Å². The molecule has 76 valence electrons. The van der Waals surface area contributed by atoms with Crippen molar-refractivity contribution in [3.05, 3.63) is 0 Å².